The minimum Gasteiger partial charge on any atom is -0.493 e. The zero-order chi connectivity index (χ0) is 17.5. The number of benzene rings is 2. The zero-order valence-corrected chi connectivity index (χ0v) is 14.8. The quantitative estimate of drug-likeness (QED) is 0.447. The van der Waals surface area contributed by atoms with E-state index in [2.05, 4.69) is 26.4 Å². The maximum Gasteiger partial charge on any atom is 0.262 e. The highest BCUT2D eigenvalue weighted by molar-refractivity contribution is 9.10. The van der Waals surface area contributed by atoms with E-state index >= 15 is 0 Å². The van der Waals surface area contributed by atoms with Crippen LogP contribution in [0.25, 0.3) is 0 Å². The van der Waals surface area contributed by atoms with Gasteiger partial charge in [0.25, 0.3) is 5.91 Å². The van der Waals surface area contributed by atoms with Crippen molar-refractivity contribution in [1.29, 1.82) is 0 Å². The molecule has 0 aromatic heterocycles. The fourth-order valence-corrected chi connectivity index (χ4v) is 2.45. The van der Waals surface area contributed by atoms with Crippen LogP contribution in [0.1, 0.15) is 11.1 Å². The minimum absolute atomic E-state index is 0.162. The number of methoxy groups -OCH3 is 1. The number of ether oxygens (including phenoxy) is 2. The molecule has 0 bridgehead atoms. The van der Waals surface area contributed by atoms with Crippen LogP contribution in [-0.4, -0.2) is 31.0 Å². The molecule has 0 radical (unpaired) electrons. The second kappa shape index (κ2) is 8.35. The summed E-state index contributed by atoms with van der Waals surface area (Å²) < 4.78 is 11.4. The number of nitrogens with zero attached hydrogens (tertiary/aromatic N) is 1. The van der Waals surface area contributed by atoms with Crippen molar-refractivity contribution < 1.29 is 19.5 Å². The van der Waals surface area contributed by atoms with E-state index in [0.29, 0.717) is 21.5 Å². The summed E-state index contributed by atoms with van der Waals surface area (Å²) in [5, 5.41) is 14.4. The third-order valence-electron chi connectivity index (χ3n) is 3.26. The molecule has 6 nitrogen and oxygen atoms in total. The number of rotatable bonds is 6. The Balaban J connectivity index is 2.07. The van der Waals surface area contributed by atoms with Gasteiger partial charge in [-0.25, -0.2) is 0 Å². The molecule has 0 unspecified atom stereocenters. The van der Waals surface area contributed by atoms with Crippen molar-refractivity contribution in [3.63, 3.8) is 0 Å². The number of hydrogen-bond donors (Lipinski definition) is 2. The van der Waals surface area contributed by atoms with E-state index in [1.807, 2.05) is 31.2 Å². The molecule has 126 valence electrons. The molecule has 0 fully saturated rings. The lowest BCUT2D eigenvalue weighted by Crippen LogP contribution is -2.20. The standard InChI is InChI=1S/C17H17BrN2O4/c1-11-5-3-4-6-14(11)20-17(21)10-24-16-8-13(18)12(9-19-22)7-15(16)23-2/h3-9,22H,10H2,1-2H3,(H,20,21)/b19-9+. The fourth-order valence-electron chi connectivity index (χ4n) is 2.03. The maximum atomic E-state index is 12.0. The van der Waals surface area contributed by atoms with Gasteiger partial charge in [-0.3, -0.25) is 4.79 Å². The number of anilines is 1. The Bertz CT molecular complexity index is 762. The molecule has 0 spiro atoms. The first-order valence-electron chi connectivity index (χ1n) is 7.08. The number of carbonyl (C=O) groups is 1. The molecule has 7 heteroatoms. The van der Waals surface area contributed by atoms with Crippen LogP contribution in [0.15, 0.2) is 46.0 Å². The highest BCUT2D eigenvalue weighted by Gasteiger charge is 2.12. The number of nitrogens with one attached hydrogen (secondary N) is 1. The van der Waals surface area contributed by atoms with E-state index in [4.69, 9.17) is 14.7 Å². The Morgan fingerprint density at radius 1 is 1.33 bits per heavy atom. The van der Waals surface area contributed by atoms with Crippen molar-refractivity contribution in [2.75, 3.05) is 19.0 Å². The van der Waals surface area contributed by atoms with Gasteiger partial charge in [0, 0.05) is 15.7 Å². The van der Waals surface area contributed by atoms with Gasteiger partial charge in [-0.2, -0.15) is 0 Å². The molecule has 2 aromatic rings. The van der Waals surface area contributed by atoms with E-state index in [1.165, 1.54) is 13.3 Å². The summed E-state index contributed by atoms with van der Waals surface area (Å²) in [4.78, 5) is 12.0. The third-order valence-corrected chi connectivity index (χ3v) is 3.94. The number of para-hydroxylation sites is 1. The Kier molecular flexibility index (Phi) is 6.20. The lowest BCUT2D eigenvalue weighted by Gasteiger charge is -2.13. The summed E-state index contributed by atoms with van der Waals surface area (Å²) >= 11 is 3.34. The lowest BCUT2D eigenvalue weighted by atomic mass is 10.2. The van der Waals surface area contributed by atoms with Crippen LogP contribution in [0.5, 0.6) is 11.5 Å². The average Bonchev–Trinajstić information content (AvgIpc) is 2.57. The summed E-state index contributed by atoms with van der Waals surface area (Å²) in [6.07, 6.45) is 1.27. The van der Waals surface area contributed by atoms with Crippen molar-refractivity contribution in [2.45, 2.75) is 6.92 Å². The Labute approximate surface area is 148 Å². The SMILES string of the molecule is COc1cc(/C=N/O)c(Br)cc1OCC(=O)Nc1ccccc1C. The average molecular weight is 393 g/mol. The van der Waals surface area contributed by atoms with Gasteiger partial charge >= 0.3 is 0 Å². The van der Waals surface area contributed by atoms with Gasteiger partial charge in [0.2, 0.25) is 0 Å². The molecule has 0 heterocycles. The summed E-state index contributed by atoms with van der Waals surface area (Å²) in [5.74, 6) is 0.555. The Morgan fingerprint density at radius 2 is 2.08 bits per heavy atom. The molecule has 2 aromatic carbocycles. The summed E-state index contributed by atoms with van der Waals surface area (Å²) in [7, 11) is 1.49. The lowest BCUT2D eigenvalue weighted by molar-refractivity contribution is -0.118. The van der Waals surface area contributed by atoms with Gasteiger partial charge in [-0.1, -0.05) is 23.4 Å². The molecule has 24 heavy (non-hydrogen) atoms. The largest absolute Gasteiger partial charge is 0.493 e. The molecule has 0 saturated heterocycles. The molecular formula is C17H17BrN2O4. The minimum atomic E-state index is -0.275. The fraction of sp³-hybridized carbons (Fsp3) is 0.176. The van der Waals surface area contributed by atoms with E-state index in [1.54, 1.807) is 12.1 Å². The number of oxime groups is 1. The number of aryl methyl sites for hydroxylation is 1. The van der Waals surface area contributed by atoms with Gasteiger partial charge in [-0.15, -0.1) is 0 Å². The third kappa shape index (κ3) is 4.48. The summed E-state index contributed by atoms with van der Waals surface area (Å²) in [6, 6.07) is 10.8. The zero-order valence-electron chi connectivity index (χ0n) is 13.2. The number of hydrogen-bond acceptors (Lipinski definition) is 5. The molecule has 0 aliphatic heterocycles. The van der Waals surface area contributed by atoms with E-state index in [9.17, 15) is 4.79 Å². The van der Waals surface area contributed by atoms with Gasteiger partial charge in [0.05, 0.1) is 13.3 Å². The molecule has 1 amide bonds. The molecule has 0 aliphatic rings. The van der Waals surface area contributed by atoms with Gasteiger partial charge in [0.15, 0.2) is 18.1 Å². The molecule has 2 rings (SSSR count). The smallest absolute Gasteiger partial charge is 0.262 e. The van der Waals surface area contributed by atoms with Gasteiger partial charge < -0.3 is 20.0 Å². The highest BCUT2D eigenvalue weighted by atomic mass is 79.9. The summed E-state index contributed by atoms with van der Waals surface area (Å²) in [5.41, 5.74) is 2.33. The first-order valence-corrected chi connectivity index (χ1v) is 7.87. The van der Waals surface area contributed by atoms with Crippen molar-refractivity contribution in [3.8, 4) is 11.5 Å². The molecule has 0 atom stereocenters. The van der Waals surface area contributed by atoms with Crippen molar-refractivity contribution in [3.05, 3.63) is 52.0 Å². The second-order valence-electron chi connectivity index (χ2n) is 4.92. The molecular weight excluding hydrogens is 376 g/mol. The van der Waals surface area contributed by atoms with E-state index < -0.39 is 0 Å². The van der Waals surface area contributed by atoms with Crippen molar-refractivity contribution in [2.24, 2.45) is 5.16 Å². The van der Waals surface area contributed by atoms with E-state index in [0.717, 1.165) is 11.3 Å². The van der Waals surface area contributed by atoms with Crippen LogP contribution in [0.2, 0.25) is 0 Å². The number of carbonyl (C=O) groups excluding carboxylic acids is 1. The first kappa shape index (κ1) is 17.8. The Hall–Kier alpha value is -2.54. The monoisotopic (exact) mass is 392 g/mol. The normalized spacial score (nSPS) is 10.6. The van der Waals surface area contributed by atoms with Crippen molar-refractivity contribution >= 4 is 33.7 Å². The van der Waals surface area contributed by atoms with Crippen LogP contribution in [-0.2, 0) is 4.79 Å². The van der Waals surface area contributed by atoms with Gasteiger partial charge in [-0.05, 0) is 46.6 Å². The number of halogens is 1. The van der Waals surface area contributed by atoms with Crippen LogP contribution in [0.3, 0.4) is 0 Å². The van der Waals surface area contributed by atoms with Crippen LogP contribution >= 0.6 is 15.9 Å². The predicted octanol–water partition coefficient (Wildman–Crippen LogP) is 3.59. The van der Waals surface area contributed by atoms with Crippen LogP contribution in [0, 0.1) is 6.92 Å². The number of amides is 1. The summed E-state index contributed by atoms with van der Waals surface area (Å²) in [6.45, 7) is 1.75. The topological polar surface area (TPSA) is 80.2 Å². The first-order chi connectivity index (χ1) is 11.5. The highest BCUT2D eigenvalue weighted by Crippen LogP contribution is 2.33. The predicted molar refractivity (Wildman–Crippen MR) is 95.4 cm³/mol. The second-order valence-corrected chi connectivity index (χ2v) is 5.78. The molecule has 0 saturated carbocycles. The van der Waals surface area contributed by atoms with Crippen molar-refractivity contribution in [1.82, 2.24) is 0 Å². The molecule has 2 N–H and O–H groups in total. The Morgan fingerprint density at radius 3 is 2.75 bits per heavy atom. The molecule has 0 aliphatic carbocycles. The van der Waals surface area contributed by atoms with Crippen LogP contribution < -0.4 is 14.8 Å². The van der Waals surface area contributed by atoms with Crippen LogP contribution in [0.4, 0.5) is 5.69 Å². The maximum absolute atomic E-state index is 12.0. The van der Waals surface area contributed by atoms with Gasteiger partial charge in [0.1, 0.15) is 0 Å². The van der Waals surface area contributed by atoms with E-state index in [-0.39, 0.29) is 12.5 Å².